The number of amides is 1. The van der Waals surface area contributed by atoms with Gasteiger partial charge in [-0.3, -0.25) is 23.7 Å². The Hall–Kier alpha value is -3.14. The SMILES string of the molecule is CO[C@H]1C[C@@H]2CCC(C)[C@@](O)(O2)C(=O)C(=O)N2CCCC[C@@H]2C(=O)O[C@H]([C@H](C)C[C@@H]2CC[C@@H](OP(C)(C)=O)[C@@H](OC)C2)CC(=O)C(C)/C=C(/C)[C@@H](O)[C@@H](OC)C(=O)[C@H](C)C[C@H](C)/C=C/C=C/C=C\1C. The molecule has 69 heavy (non-hydrogen) atoms. The second kappa shape index (κ2) is 26.5. The van der Waals surface area contributed by atoms with E-state index in [2.05, 4.69) is 0 Å². The molecule has 2 bridgehead atoms. The molecule has 0 aromatic heterocycles. The normalized spacial score (nSPS) is 39.0. The molecule has 0 aromatic rings. The van der Waals surface area contributed by atoms with Crippen LogP contribution in [0, 0.1) is 35.5 Å². The fraction of sp³-hybridized carbons (Fsp3) is 0.755. The van der Waals surface area contributed by atoms with Crippen molar-refractivity contribution in [1.82, 2.24) is 4.90 Å². The molecule has 0 aromatic carbocycles. The molecule has 2 N–H and O–H groups in total. The molecule has 16 heteroatoms. The van der Waals surface area contributed by atoms with E-state index in [1.165, 1.54) is 12.0 Å². The number of hydrogen-bond acceptors (Lipinski definition) is 14. The fourth-order valence-electron chi connectivity index (χ4n) is 10.5. The van der Waals surface area contributed by atoms with E-state index < -0.39 is 85.1 Å². The molecule has 1 aliphatic carbocycles. The molecule has 15 nitrogen and oxygen atoms in total. The lowest BCUT2D eigenvalue weighted by Gasteiger charge is -2.42. The van der Waals surface area contributed by atoms with E-state index in [-0.39, 0.29) is 60.9 Å². The van der Waals surface area contributed by atoms with Gasteiger partial charge in [0, 0.05) is 71.8 Å². The van der Waals surface area contributed by atoms with E-state index in [1.807, 2.05) is 58.1 Å². The van der Waals surface area contributed by atoms with Crippen LogP contribution in [0.25, 0.3) is 0 Å². The highest BCUT2D eigenvalue weighted by Gasteiger charge is 2.53. The highest BCUT2D eigenvalue weighted by Crippen LogP contribution is 2.45. The van der Waals surface area contributed by atoms with Gasteiger partial charge in [-0.2, -0.15) is 0 Å². The first-order chi connectivity index (χ1) is 32.4. The van der Waals surface area contributed by atoms with Gasteiger partial charge in [-0.25, -0.2) is 4.79 Å². The Morgan fingerprint density at radius 3 is 2.22 bits per heavy atom. The number of fused-ring (bicyclic) bond motifs is 3. The van der Waals surface area contributed by atoms with Gasteiger partial charge in [0.2, 0.25) is 5.79 Å². The summed E-state index contributed by atoms with van der Waals surface area (Å²) in [5.74, 6) is -8.11. The van der Waals surface area contributed by atoms with Crippen molar-refractivity contribution >= 4 is 36.6 Å². The lowest BCUT2D eigenvalue weighted by molar-refractivity contribution is -0.265. The number of carbonyl (C=O) groups excluding carboxylic acids is 5. The topological polar surface area (TPSA) is 201 Å². The Morgan fingerprint density at radius 2 is 1.57 bits per heavy atom. The van der Waals surface area contributed by atoms with Crippen LogP contribution < -0.4 is 0 Å². The summed E-state index contributed by atoms with van der Waals surface area (Å²) in [6.45, 7) is 15.9. The van der Waals surface area contributed by atoms with Gasteiger partial charge in [-0.1, -0.05) is 71.1 Å². The third-order valence-corrected chi connectivity index (χ3v) is 15.6. The average molecular weight is 990 g/mol. The molecule has 2 saturated heterocycles. The van der Waals surface area contributed by atoms with E-state index in [9.17, 15) is 38.8 Å². The summed E-state index contributed by atoms with van der Waals surface area (Å²) >= 11 is 0. The molecule has 4 rings (SSSR count). The summed E-state index contributed by atoms with van der Waals surface area (Å²) in [5, 5.41) is 23.5. The van der Waals surface area contributed by atoms with Gasteiger partial charge in [-0.05, 0) is 107 Å². The Bertz CT molecular complexity index is 1940. The predicted molar refractivity (Wildman–Crippen MR) is 263 cm³/mol. The Kier molecular flexibility index (Phi) is 22.5. The first-order valence-electron chi connectivity index (χ1n) is 25.2. The van der Waals surface area contributed by atoms with Gasteiger partial charge in [0.05, 0.1) is 24.4 Å². The van der Waals surface area contributed by atoms with Crippen molar-refractivity contribution in [2.24, 2.45) is 35.5 Å². The number of ketones is 3. The number of allylic oxidation sites excluding steroid dienone is 6. The van der Waals surface area contributed by atoms with Gasteiger partial charge < -0.3 is 43.3 Å². The Balaban J connectivity index is 1.70. The number of carbonyl (C=O) groups is 5. The van der Waals surface area contributed by atoms with E-state index in [0.717, 1.165) is 12.0 Å². The third kappa shape index (κ3) is 16.2. The monoisotopic (exact) mass is 990 g/mol. The number of ether oxygens (including phenoxy) is 5. The lowest BCUT2D eigenvalue weighted by Crippen LogP contribution is -2.61. The summed E-state index contributed by atoms with van der Waals surface area (Å²) in [7, 11) is 1.76. The largest absolute Gasteiger partial charge is 0.460 e. The zero-order valence-electron chi connectivity index (χ0n) is 43.4. The van der Waals surface area contributed by atoms with Crippen molar-refractivity contribution in [3.8, 4) is 0 Å². The summed E-state index contributed by atoms with van der Waals surface area (Å²) in [6.07, 6.45) is 11.4. The van der Waals surface area contributed by atoms with Gasteiger partial charge in [-0.15, -0.1) is 0 Å². The Morgan fingerprint density at radius 1 is 0.855 bits per heavy atom. The van der Waals surface area contributed by atoms with Crippen molar-refractivity contribution in [1.29, 1.82) is 0 Å². The van der Waals surface area contributed by atoms with Gasteiger partial charge in [0.1, 0.15) is 30.1 Å². The van der Waals surface area contributed by atoms with Gasteiger partial charge >= 0.3 is 5.97 Å². The smallest absolute Gasteiger partial charge is 0.329 e. The molecule has 3 heterocycles. The summed E-state index contributed by atoms with van der Waals surface area (Å²) in [5.41, 5.74) is 1.25. The van der Waals surface area contributed by atoms with Crippen molar-refractivity contribution in [3.05, 3.63) is 47.6 Å². The van der Waals surface area contributed by atoms with E-state index in [1.54, 1.807) is 54.4 Å². The maximum Gasteiger partial charge on any atom is 0.329 e. The van der Waals surface area contributed by atoms with Crippen molar-refractivity contribution < 1.29 is 67.0 Å². The molecule has 3 fully saturated rings. The van der Waals surface area contributed by atoms with Crippen LogP contribution in [-0.2, 0) is 56.7 Å². The first-order valence-corrected chi connectivity index (χ1v) is 27.7. The molecule has 0 spiro atoms. The quantitative estimate of drug-likeness (QED) is 0.104. The number of esters is 1. The number of Topliss-reactive ketones (excluding diaryl/α,β-unsaturated/α-hetero) is 3. The minimum absolute atomic E-state index is 0.0117. The van der Waals surface area contributed by atoms with Crippen LogP contribution in [0.1, 0.15) is 126 Å². The van der Waals surface area contributed by atoms with Crippen molar-refractivity contribution in [2.75, 3.05) is 41.2 Å². The molecule has 0 radical (unpaired) electrons. The number of aliphatic hydroxyl groups is 2. The first kappa shape index (κ1) is 58.4. The molecule has 4 aliphatic rings. The van der Waals surface area contributed by atoms with Crippen LogP contribution in [0.2, 0.25) is 0 Å². The van der Waals surface area contributed by atoms with Gasteiger partial charge in [0.15, 0.2) is 13.2 Å². The average Bonchev–Trinajstić information content (AvgIpc) is 3.30. The standard InChI is InChI=1S/C53H84NO14P/c1-32-18-14-13-15-19-33(2)44(63-8)30-40-23-21-38(7)53(61,67-40)50(58)51(59)54-25-17-16-20-41(54)52(60)66-45(35(4)28-39-22-24-43(46(29-39)64-9)68-69(11,12)62)31-42(55)34(3)27-37(6)48(57)49(65-10)47(56)36(5)26-32/h13-15,18-19,27,32,34-36,38-41,43-46,48-49,57,61H,16-17,20-26,28-31H2,1-12H3/b15-13+,18-14+,33-19-,37-27-/t32-,34?,35-,36-,38?,39+,40+,41-,43-,44+,45+,46+,48-,49+,53-/m1/s1. The van der Waals surface area contributed by atoms with Crippen LogP contribution in [0.4, 0.5) is 0 Å². The molecular weight excluding hydrogens is 906 g/mol. The summed E-state index contributed by atoms with van der Waals surface area (Å²) in [4.78, 5) is 72.2. The number of hydrogen-bond donors (Lipinski definition) is 2. The Labute approximate surface area is 411 Å². The van der Waals surface area contributed by atoms with E-state index in [0.29, 0.717) is 63.4 Å². The number of piperidine rings is 1. The fourth-order valence-corrected chi connectivity index (χ4v) is 11.4. The number of methoxy groups -OCH3 is 3. The van der Waals surface area contributed by atoms with Crippen LogP contribution in [0.3, 0.4) is 0 Å². The molecule has 3 aliphatic heterocycles. The molecule has 1 saturated carbocycles. The number of cyclic esters (lactones) is 1. The second-order valence-electron chi connectivity index (χ2n) is 20.9. The summed E-state index contributed by atoms with van der Waals surface area (Å²) in [6, 6.07) is -1.16. The highest BCUT2D eigenvalue weighted by atomic mass is 31.2. The van der Waals surface area contributed by atoms with Crippen LogP contribution >= 0.6 is 7.37 Å². The summed E-state index contributed by atoms with van der Waals surface area (Å²) < 4.78 is 48.2. The zero-order chi connectivity index (χ0) is 51.4. The van der Waals surface area contributed by atoms with Crippen molar-refractivity contribution in [3.63, 3.8) is 0 Å². The maximum absolute atomic E-state index is 14.5. The second-order valence-corrected chi connectivity index (χ2v) is 23.6. The number of aliphatic hydroxyl groups excluding tert-OH is 1. The van der Waals surface area contributed by atoms with E-state index in [4.69, 9.17) is 28.2 Å². The van der Waals surface area contributed by atoms with E-state index >= 15 is 0 Å². The van der Waals surface area contributed by atoms with Crippen LogP contribution in [0.5, 0.6) is 0 Å². The molecule has 1 amide bonds. The predicted octanol–water partition coefficient (Wildman–Crippen LogP) is 7.74. The minimum Gasteiger partial charge on any atom is -0.460 e. The van der Waals surface area contributed by atoms with Crippen LogP contribution in [0.15, 0.2) is 47.6 Å². The molecule has 390 valence electrons. The zero-order valence-corrected chi connectivity index (χ0v) is 44.3. The number of nitrogens with zero attached hydrogens (tertiary/aromatic N) is 1. The highest BCUT2D eigenvalue weighted by molar-refractivity contribution is 7.57. The minimum atomic E-state index is -2.79. The third-order valence-electron chi connectivity index (χ3n) is 14.8. The lowest BCUT2D eigenvalue weighted by atomic mass is 9.78. The molecule has 15 atom stereocenters. The number of rotatable bonds is 8. The molecule has 2 unspecified atom stereocenters. The van der Waals surface area contributed by atoms with Crippen molar-refractivity contribution in [2.45, 2.75) is 180 Å². The maximum atomic E-state index is 14.5. The molecular formula is C53H84NO14P. The van der Waals surface area contributed by atoms with Crippen LogP contribution in [-0.4, -0.2) is 140 Å². The van der Waals surface area contributed by atoms with Gasteiger partial charge in [0.25, 0.3) is 11.7 Å².